The molecule has 3 rings (SSSR count). The van der Waals surface area contributed by atoms with E-state index >= 15 is 0 Å². The molecule has 1 heterocycles. The first-order valence-electron chi connectivity index (χ1n) is 8.76. The summed E-state index contributed by atoms with van der Waals surface area (Å²) in [6, 6.07) is 11.4. The van der Waals surface area contributed by atoms with Crippen molar-refractivity contribution in [3.8, 4) is 5.69 Å². The van der Waals surface area contributed by atoms with Crippen molar-refractivity contribution in [1.29, 1.82) is 0 Å². The molecule has 152 valence electrons. The van der Waals surface area contributed by atoms with E-state index in [2.05, 4.69) is 10.3 Å². The van der Waals surface area contributed by atoms with Crippen molar-refractivity contribution in [3.63, 3.8) is 0 Å². The van der Waals surface area contributed by atoms with Crippen molar-refractivity contribution in [1.82, 2.24) is 15.0 Å². The zero-order valence-corrected chi connectivity index (χ0v) is 15.9. The molecular formula is C20H18F4N4O. The predicted octanol–water partition coefficient (Wildman–Crippen LogP) is 4.83. The quantitative estimate of drug-likeness (QED) is 0.584. The molecule has 0 N–H and O–H groups in total. The van der Waals surface area contributed by atoms with Crippen LogP contribution in [0.4, 0.5) is 23.2 Å². The van der Waals surface area contributed by atoms with E-state index in [9.17, 15) is 22.4 Å². The molecule has 9 heteroatoms. The Morgan fingerprint density at radius 1 is 1.10 bits per heavy atom. The molecule has 2 aromatic carbocycles. The molecule has 0 bridgehead atoms. The number of halogens is 4. The standard InChI is InChI=1S/C20H18F4N4O/c1-12(2)13-6-4-8-15(10-13)27(3)19(29)17-18(20(22,23)24)28(26-25-17)16-9-5-7-14(21)11-16/h4-12H,1-3H3. The molecule has 0 aliphatic carbocycles. The lowest BCUT2D eigenvalue weighted by atomic mass is 10.0. The second kappa shape index (κ2) is 7.65. The van der Waals surface area contributed by atoms with Crippen molar-refractivity contribution in [2.45, 2.75) is 25.9 Å². The number of benzene rings is 2. The van der Waals surface area contributed by atoms with Crippen LogP contribution in [-0.2, 0) is 6.18 Å². The summed E-state index contributed by atoms with van der Waals surface area (Å²) in [6.45, 7) is 3.93. The van der Waals surface area contributed by atoms with E-state index in [1.54, 1.807) is 18.2 Å². The molecule has 0 spiro atoms. The molecule has 0 saturated heterocycles. The van der Waals surface area contributed by atoms with Gasteiger partial charge in [0.25, 0.3) is 5.91 Å². The fourth-order valence-corrected chi connectivity index (χ4v) is 2.84. The number of carbonyl (C=O) groups excluding carboxylic acids is 1. The van der Waals surface area contributed by atoms with E-state index in [0.717, 1.165) is 22.6 Å². The van der Waals surface area contributed by atoms with Gasteiger partial charge in [0.15, 0.2) is 11.4 Å². The normalized spacial score (nSPS) is 11.7. The van der Waals surface area contributed by atoms with E-state index < -0.39 is 29.3 Å². The van der Waals surface area contributed by atoms with Gasteiger partial charge in [-0.2, -0.15) is 13.2 Å². The lowest BCUT2D eigenvalue weighted by Gasteiger charge is -2.19. The van der Waals surface area contributed by atoms with Gasteiger partial charge in [-0.05, 0) is 41.8 Å². The van der Waals surface area contributed by atoms with Gasteiger partial charge in [-0.25, -0.2) is 9.07 Å². The summed E-state index contributed by atoms with van der Waals surface area (Å²) in [7, 11) is 1.36. The minimum atomic E-state index is -4.93. The minimum absolute atomic E-state index is 0.179. The van der Waals surface area contributed by atoms with E-state index in [4.69, 9.17) is 0 Å². The highest BCUT2D eigenvalue weighted by atomic mass is 19.4. The number of carbonyl (C=O) groups is 1. The van der Waals surface area contributed by atoms with Crippen molar-refractivity contribution in [2.75, 3.05) is 11.9 Å². The second-order valence-electron chi connectivity index (χ2n) is 6.79. The predicted molar refractivity (Wildman–Crippen MR) is 99.6 cm³/mol. The van der Waals surface area contributed by atoms with Crippen LogP contribution < -0.4 is 4.90 Å². The number of hydrogen-bond donors (Lipinski definition) is 0. The average Bonchev–Trinajstić information content (AvgIpc) is 3.12. The van der Waals surface area contributed by atoms with Crippen molar-refractivity contribution >= 4 is 11.6 Å². The second-order valence-corrected chi connectivity index (χ2v) is 6.79. The number of aromatic nitrogens is 3. The fraction of sp³-hybridized carbons (Fsp3) is 0.250. The number of rotatable bonds is 4. The largest absolute Gasteiger partial charge is 0.435 e. The molecule has 29 heavy (non-hydrogen) atoms. The summed E-state index contributed by atoms with van der Waals surface area (Å²) in [5.74, 6) is -1.53. The zero-order chi connectivity index (χ0) is 21.3. The van der Waals surface area contributed by atoms with Crippen LogP contribution in [0.5, 0.6) is 0 Å². The van der Waals surface area contributed by atoms with Gasteiger partial charge in [-0.3, -0.25) is 4.79 Å². The van der Waals surface area contributed by atoms with E-state index in [0.29, 0.717) is 10.4 Å². The molecule has 0 unspecified atom stereocenters. The number of anilines is 1. The molecule has 1 amide bonds. The minimum Gasteiger partial charge on any atom is -0.310 e. The average molecular weight is 406 g/mol. The summed E-state index contributed by atoms with van der Waals surface area (Å²) in [5.41, 5.74) is -1.05. The SMILES string of the molecule is CC(C)c1cccc(N(C)C(=O)c2nnn(-c3cccc(F)c3)c2C(F)(F)F)c1. The first kappa shape index (κ1) is 20.5. The summed E-state index contributed by atoms with van der Waals surface area (Å²) in [6.07, 6.45) is -4.93. The van der Waals surface area contributed by atoms with Gasteiger partial charge in [-0.15, -0.1) is 5.10 Å². The maximum Gasteiger partial charge on any atom is 0.435 e. The van der Waals surface area contributed by atoms with Gasteiger partial charge in [0.2, 0.25) is 0 Å². The summed E-state index contributed by atoms with van der Waals surface area (Å²) in [5, 5.41) is 6.94. The van der Waals surface area contributed by atoms with Gasteiger partial charge in [0, 0.05) is 12.7 Å². The number of amides is 1. The van der Waals surface area contributed by atoms with Crippen molar-refractivity contribution in [2.24, 2.45) is 0 Å². The molecule has 0 atom stereocenters. The molecule has 0 saturated carbocycles. The summed E-state index contributed by atoms with van der Waals surface area (Å²) < 4.78 is 55.2. The van der Waals surface area contributed by atoms with Crippen molar-refractivity contribution < 1.29 is 22.4 Å². The van der Waals surface area contributed by atoms with Gasteiger partial charge < -0.3 is 4.90 Å². The summed E-state index contributed by atoms with van der Waals surface area (Å²) >= 11 is 0. The number of hydrogen-bond acceptors (Lipinski definition) is 3. The maximum atomic E-state index is 13.8. The van der Waals surface area contributed by atoms with Gasteiger partial charge in [-0.1, -0.05) is 37.3 Å². The van der Waals surface area contributed by atoms with E-state index in [1.165, 1.54) is 19.2 Å². The molecule has 5 nitrogen and oxygen atoms in total. The molecule has 0 radical (unpaired) electrons. The summed E-state index contributed by atoms with van der Waals surface area (Å²) in [4.78, 5) is 13.9. The Bertz CT molecular complexity index is 1040. The van der Waals surface area contributed by atoms with E-state index in [1.807, 2.05) is 19.9 Å². The third-order valence-corrected chi connectivity index (χ3v) is 4.42. The topological polar surface area (TPSA) is 51.0 Å². The van der Waals surface area contributed by atoms with Gasteiger partial charge >= 0.3 is 6.18 Å². The van der Waals surface area contributed by atoms with Gasteiger partial charge in [0.05, 0.1) is 5.69 Å². The number of nitrogens with zero attached hydrogens (tertiary/aromatic N) is 4. The van der Waals surface area contributed by atoms with Crippen LogP contribution in [0.1, 0.15) is 41.5 Å². The maximum absolute atomic E-state index is 13.8. The Morgan fingerprint density at radius 3 is 2.41 bits per heavy atom. The van der Waals surface area contributed by atoms with Crippen LogP contribution in [0.2, 0.25) is 0 Å². The first-order valence-corrected chi connectivity index (χ1v) is 8.76. The van der Waals surface area contributed by atoms with Crippen LogP contribution in [0, 0.1) is 5.82 Å². The molecule has 1 aromatic heterocycles. The Labute approximate surface area is 164 Å². The van der Waals surface area contributed by atoms with E-state index in [-0.39, 0.29) is 11.6 Å². The number of alkyl halides is 3. The molecule has 0 fully saturated rings. The lowest BCUT2D eigenvalue weighted by molar-refractivity contribution is -0.143. The Morgan fingerprint density at radius 2 is 1.79 bits per heavy atom. The highest BCUT2D eigenvalue weighted by molar-refractivity contribution is 6.05. The van der Waals surface area contributed by atoms with Crippen molar-refractivity contribution in [3.05, 3.63) is 71.3 Å². The monoisotopic (exact) mass is 406 g/mol. The highest BCUT2D eigenvalue weighted by Gasteiger charge is 2.42. The smallest absolute Gasteiger partial charge is 0.310 e. The fourth-order valence-electron chi connectivity index (χ4n) is 2.84. The molecule has 3 aromatic rings. The molecule has 0 aliphatic heterocycles. The molecular weight excluding hydrogens is 388 g/mol. The first-order chi connectivity index (χ1) is 13.6. The van der Waals surface area contributed by atoms with Crippen LogP contribution >= 0.6 is 0 Å². The Kier molecular flexibility index (Phi) is 5.41. The third kappa shape index (κ3) is 4.13. The zero-order valence-electron chi connectivity index (χ0n) is 15.9. The Hall–Kier alpha value is -3.23. The molecule has 0 aliphatic rings. The van der Waals surface area contributed by atoms with Crippen LogP contribution in [0.15, 0.2) is 48.5 Å². The highest BCUT2D eigenvalue weighted by Crippen LogP contribution is 2.34. The lowest BCUT2D eigenvalue weighted by Crippen LogP contribution is -2.29. The van der Waals surface area contributed by atoms with Gasteiger partial charge in [0.1, 0.15) is 5.82 Å². The van der Waals surface area contributed by atoms with Crippen LogP contribution in [-0.4, -0.2) is 27.9 Å². The van der Waals surface area contributed by atoms with Crippen LogP contribution in [0.3, 0.4) is 0 Å². The Balaban J connectivity index is 2.06. The van der Waals surface area contributed by atoms with Crippen LogP contribution in [0.25, 0.3) is 5.69 Å². The third-order valence-electron chi connectivity index (χ3n) is 4.42.